The van der Waals surface area contributed by atoms with E-state index in [2.05, 4.69) is 23.6 Å². The lowest BCUT2D eigenvalue weighted by Gasteiger charge is -2.37. The second kappa shape index (κ2) is 6.01. The van der Waals surface area contributed by atoms with Crippen molar-refractivity contribution < 1.29 is 4.79 Å². The minimum Gasteiger partial charge on any atom is -0.397 e. The van der Waals surface area contributed by atoms with Crippen LogP contribution < -0.4 is 10.6 Å². The molecule has 2 N–H and O–H groups in total. The summed E-state index contributed by atoms with van der Waals surface area (Å²) in [6.07, 6.45) is 0. The van der Waals surface area contributed by atoms with Crippen LogP contribution in [0.3, 0.4) is 0 Å². The van der Waals surface area contributed by atoms with E-state index in [0.29, 0.717) is 16.6 Å². The van der Waals surface area contributed by atoms with E-state index in [1.54, 1.807) is 19.0 Å². The lowest BCUT2D eigenvalue weighted by atomic mass is 10.2. The lowest BCUT2D eigenvalue weighted by Crippen LogP contribution is -2.48. The molecule has 1 aromatic heterocycles. The van der Waals surface area contributed by atoms with Gasteiger partial charge < -0.3 is 15.5 Å². The third kappa shape index (κ3) is 3.07. The van der Waals surface area contributed by atoms with E-state index in [9.17, 15) is 4.79 Å². The summed E-state index contributed by atoms with van der Waals surface area (Å²) in [4.78, 5) is 19.1. The molecule has 0 atom stereocenters. The number of rotatable bonds is 3. The number of carbonyl (C=O) groups is 1. The Morgan fingerprint density at radius 2 is 1.90 bits per heavy atom. The van der Waals surface area contributed by atoms with Crippen LogP contribution >= 0.6 is 11.3 Å². The molecule has 1 aliphatic rings. The van der Waals surface area contributed by atoms with Gasteiger partial charge in [-0.1, -0.05) is 0 Å². The number of hydrogen-bond donors (Lipinski definition) is 1. The average molecular weight is 296 g/mol. The zero-order chi connectivity index (χ0) is 14.9. The van der Waals surface area contributed by atoms with Gasteiger partial charge in [-0.25, -0.2) is 0 Å². The van der Waals surface area contributed by atoms with Crippen molar-refractivity contribution in [3.05, 3.63) is 10.9 Å². The van der Waals surface area contributed by atoms with Crippen LogP contribution in [0.25, 0.3) is 0 Å². The van der Waals surface area contributed by atoms with Crippen LogP contribution in [-0.2, 0) is 0 Å². The molecule has 112 valence electrons. The second-order valence-electron chi connectivity index (χ2n) is 5.69. The fourth-order valence-corrected chi connectivity index (χ4v) is 3.53. The molecule has 1 fully saturated rings. The van der Waals surface area contributed by atoms with Gasteiger partial charge in [-0.15, -0.1) is 11.3 Å². The van der Waals surface area contributed by atoms with Crippen LogP contribution in [0, 0.1) is 0 Å². The monoisotopic (exact) mass is 296 g/mol. The minimum absolute atomic E-state index is 0.0143. The third-order valence-corrected chi connectivity index (χ3v) is 4.90. The first-order valence-electron chi connectivity index (χ1n) is 7.00. The molecule has 0 radical (unpaired) electrons. The molecule has 5 nitrogen and oxygen atoms in total. The summed E-state index contributed by atoms with van der Waals surface area (Å²) in [5.74, 6) is -0.0143. The zero-order valence-electron chi connectivity index (χ0n) is 12.7. The fraction of sp³-hybridized carbons (Fsp3) is 0.643. The molecule has 0 aromatic carbocycles. The summed E-state index contributed by atoms with van der Waals surface area (Å²) in [5.41, 5.74) is 6.58. The number of nitrogens with two attached hydrogens (primary N) is 1. The lowest BCUT2D eigenvalue weighted by molar-refractivity contribution is 0.0833. The highest BCUT2D eigenvalue weighted by Crippen LogP contribution is 2.33. The summed E-state index contributed by atoms with van der Waals surface area (Å²) in [5, 5.41) is 1.11. The van der Waals surface area contributed by atoms with Gasteiger partial charge in [0.05, 0.1) is 10.7 Å². The molecule has 1 aromatic rings. The van der Waals surface area contributed by atoms with Crippen molar-refractivity contribution in [1.82, 2.24) is 9.80 Å². The molecular weight excluding hydrogens is 272 g/mol. The van der Waals surface area contributed by atoms with Crippen molar-refractivity contribution in [2.24, 2.45) is 0 Å². The maximum Gasteiger partial charge on any atom is 0.265 e. The van der Waals surface area contributed by atoms with E-state index in [4.69, 9.17) is 5.73 Å². The van der Waals surface area contributed by atoms with Crippen LogP contribution in [0.15, 0.2) is 6.07 Å². The largest absolute Gasteiger partial charge is 0.397 e. The molecule has 0 unspecified atom stereocenters. The first-order chi connectivity index (χ1) is 9.40. The fourth-order valence-electron chi connectivity index (χ4n) is 2.38. The molecule has 0 spiro atoms. The molecule has 0 aliphatic carbocycles. The predicted molar refractivity (Wildman–Crippen MR) is 85.7 cm³/mol. The van der Waals surface area contributed by atoms with Crippen LogP contribution in [0.5, 0.6) is 0 Å². The van der Waals surface area contributed by atoms with Gasteiger partial charge in [0, 0.05) is 46.3 Å². The molecule has 2 rings (SSSR count). The van der Waals surface area contributed by atoms with E-state index >= 15 is 0 Å². The molecular formula is C14H24N4OS. The number of nitrogens with zero attached hydrogens (tertiary/aromatic N) is 3. The predicted octanol–water partition coefficient (Wildman–Crippen LogP) is 1.56. The standard InChI is InChI=1S/C14H24N4OS/c1-10(2)17-5-7-18(8-6-17)12-9-11(15)13(20-12)14(19)16(3)4/h9-10H,5-8,15H2,1-4H3. The van der Waals surface area contributed by atoms with Crippen molar-refractivity contribution in [1.29, 1.82) is 0 Å². The molecule has 0 saturated carbocycles. The quantitative estimate of drug-likeness (QED) is 0.920. The topological polar surface area (TPSA) is 52.8 Å². The Kier molecular flexibility index (Phi) is 4.55. The third-order valence-electron chi connectivity index (χ3n) is 3.70. The van der Waals surface area contributed by atoms with Gasteiger partial charge in [-0.3, -0.25) is 9.69 Å². The summed E-state index contributed by atoms with van der Waals surface area (Å²) in [6, 6.07) is 2.53. The molecule has 0 bridgehead atoms. The maximum atomic E-state index is 12.0. The van der Waals surface area contributed by atoms with Gasteiger partial charge in [0.1, 0.15) is 4.88 Å². The Labute approximate surface area is 124 Å². The number of nitrogen functional groups attached to an aromatic ring is 1. The van der Waals surface area contributed by atoms with Crippen molar-refractivity contribution in [2.75, 3.05) is 50.9 Å². The smallest absolute Gasteiger partial charge is 0.265 e. The Bertz CT molecular complexity index is 476. The maximum absolute atomic E-state index is 12.0. The second-order valence-corrected chi connectivity index (χ2v) is 6.72. The summed E-state index contributed by atoms with van der Waals surface area (Å²) in [6.45, 7) is 8.57. The number of piperazine rings is 1. The number of anilines is 2. The van der Waals surface area contributed by atoms with E-state index in [1.807, 2.05) is 6.07 Å². The Hall–Kier alpha value is -1.27. The van der Waals surface area contributed by atoms with Crippen LogP contribution in [0.4, 0.5) is 10.7 Å². The molecule has 1 saturated heterocycles. The van der Waals surface area contributed by atoms with Crippen LogP contribution in [-0.4, -0.2) is 62.0 Å². The van der Waals surface area contributed by atoms with E-state index in [1.165, 1.54) is 11.3 Å². The van der Waals surface area contributed by atoms with Gasteiger partial charge in [0.15, 0.2) is 0 Å². The molecule has 20 heavy (non-hydrogen) atoms. The van der Waals surface area contributed by atoms with Crippen LogP contribution in [0.2, 0.25) is 0 Å². The van der Waals surface area contributed by atoms with Gasteiger partial charge in [-0.2, -0.15) is 0 Å². The summed E-state index contributed by atoms with van der Waals surface area (Å²) in [7, 11) is 3.51. The first kappa shape index (κ1) is 15.1. The number of amides is 1. The zero-order valence-corrected chi connectivity index (χ0v) is 13.5. The minimum atomic E-state index is -0.0143. The Balaban J connectivity index is 2.08. The number of hydrogen-bond acceptors (Lipinski definition) is 5. The summed E-state index contributed by atoms with van der Waals surface area (Å²) < 4.78 is 0. The molecule has 1 aliphatic heterocycles. The van der Waals surface area contributed by atoms with E-state index < -0.39 is 0 Å². The van der Waals surface area contributed by atoms with Crippen LogP contribution in [0.1, 0.15) is 23.5 Å². The van der Waals surface area contributed by atoms with Crippen molar-refractivity contribution >= 4 is 27.9 Å². The number of thiophene rings is 1. The highest BCUT2D eigenvalue weighted by molar-refractivity contribution is 7.18. The summed E-state index contributed by atoms with van der Waals surface area (Å²) >= 11 is 1.50. The van der Waals surface area contributed by atoms with Gasteiger partial charge in [0.25, 0.3) is 5.91 Å². The SMILES string of the molecule is CC(C)N1CCN(c2cc(N)c(C(=O)N(C)C)s2)CC1. The van der Waals surface area contributed by atoms with Crippen molar-refractivity contribution in [3.8, 4) is 0 Å². The first-order valence-corrected chi connectivity index (χ1v) is 7.81. The Morgan fingerprint density at radius 3 is 2.40 bits per heavy atom. The van der Waals surface area contributed by atoms with Crippen molar-refractivity contribution in [2.45, 2.75) is 19.9 Å². The molecule has 2 heterocycles. The van der Waals surface area contributed by atoms with Crippen molar-refractivity contribution in [3.63, 3.8) is 0 Å². The van der Waals surface area contributed by atoms with E-state index in [-0.39, 0.29) is 5.91 Å². The van der Waals surface area contributed by atoms with Gasteiger partial charge in [-0.05, 0) is 19.9 Å². The molecule has 1 amide bonds. The average Bonchev–Trinajstić information content (AvgIpc) is 2.80. The highest BCUT2D eigenvalue weighted by Gasteiger charge is 2.23. The highest BCUT2D eigenvalue weighted by atomic mass is 32.1. The molecule has 6 heteroatoms. The normalized spacial score (nSPS) is 16.8. The number of carbonyl (C=O) groups excluding carboxylic acids is 1. The van der Waals surface area contributed by atoms with Gasteiger partial charge >= 0.3 is 0 Å². The Morgan fingerprint density at radius 1 is 1.30 bits per heavy atom. The van der Waals surface area contributed by atoms with Gasteiger partial charge in [0.2, 0.25) is 0 Å². The van der Waals surface area contributed by atoms with E-state index in [0.717, 1.165) is 31.2 Å².